The van der Waals surface area contributed by atoms with Crippen LogP contribution in [0.3, 0.4) is 0 Å². The summed E-state index contributed by atoms with van der Waals surface area (Å²) in [4.78, 5) is 25.5. The number of rotatable bonds is 3. The van der Waals surface area contributed by atoms with Crippen LogP contribution in [0.2, 0.25) is 0 Å². The Morgan fingerprint density at radius 3 is 2.67 bits per heavy atom. The lowest BCUT2D eigenvalue weighted by atomic mass is 10.3. The molecule has 1 aromatic heterocycles. The van der Waals surface area contributed by atoms with Gasteiger partial charge in [0.2, 0.25) is 5.13 Å². The van der Waals surface area contributed by atoms with E-state index in [0.717, 1.165) is 11.5 Å². The largest absolute Gasteiger partial charge is 0.480 e. The Balaban J connectivity index is 2.46. The molecule has 0 saturated heterocycles. The molecule has 7 nitrogen and oxygen atoms in total. The summed E-state index contributed by atoms with van der Waals surface area (Å²) in [7, 11) is 0. The summed E-state index contributed by atoms with van der Waals surface area (Å²) in [5.74, 6) is -0.542. The van der Waals surface area contributed by atoms with Crippen LogP contribution in [0, 0.1) is 6.92 Å². The molecule has 1 heterocycles. The van der Waals surface area contributed by atoms with E-state index < -0.39 is 18.0 Å². The molecule has 1 aromatic rings. The van der Waals surface area contributed by atoms with Crippen LogP contribution >= 0.6 is 11.5 Å². The summed E-state index contributed by atoms with van der Waals surface area (Å²) >= 11 is 1.03. The summed E-state index contributed by atoms with van der Waals surface area (Å²) in [6, 6.07) is -1.56. The number of carboxylic acid groups (broad SMARTS) is 1. The van der Waals surface area contributed by atoms with Crippen LogP contribution < -0.4 is 10.6 Å². The molecule has 82 valence electrons. The molecule has 3 N–H and O–H groups in total. The standard InChI is InChI=1S/C7H10N4O3S/c1-3(5(12)13)8-6(14)10-7-9-4(2)11-15-7/h3H,1-2H3,(H,12,13)(H2,8,9,10,11,14). The van der Waals surface area contributed by atoms with Crippen molar-refractivity contribution in [3.8, 4) is 0 Å². The van der Waals surface area contributed by atoms with Gasteiger partial charge in [0.15, 0.2) is 0 Å². The van der Waals surface area contributed by atoms with Crippen molar-refractivity contribution in [3.05, 3.63) is 5.82 Å². The van der Waals surface area contributed by atoms with Crippen LogP contribution in [0.25, 0.3) is 0 Å². The van der Waals surface area contributed by atoms with Crippen LogP contribution in [0.4, 0.5) is 9.93 Å². The van der Waals surface area contributed by atoms with E-state index >= 15 is 0 Å². The highest BCUT2D eigenvalue weighted by molar-refractivity contribution is 7.09. The normalized spacial score (nSPS) is 11.9. The smallest absolute Gasteiger partial charge is 0.325 e. The molecule has 0 aliphatic heterocycles. The molecule has 1 atom stereocenters. The molecule has 0 spiro atoms. The first-order valence-corrected chi connectivity index (χ1v) is 4.87. The van der Waals surface area contributed by atoms with Crippen LogP contribution in [-0.4, -0.2) is 32.5 Å². The topological polar surface area (TPSA) is 104 Å². The number of aromatic nitrogens is 2. The molecule has 0 aliphatic carbocycles. The van der Waals surface area contributed by atoms with Crippen LogP contribution in [-0.2, 0) is 4.79 Å². The minimum Gasteiger partial charge on any atom is -0.480 e. The van der Waals surface area contributed by atoms with Gasteiger partial charge in [-0.05, 0) is 13.8 Å². The van der Waals surface area contributed by atoms with E-state index in [1.807, 2.05) is 0 Å². The van der Waals surface area contributed by atoms with Gasteiger partial charge in [0.25, 0.3) is 0 Å². The van der Waals surface area contributed by atoms with E-state index in [0.29, 0.717) is 11.0 Å². The quantitative estimate of drug-likeness (QED) is 0.699. The van der Waals surface area contributed by atoms with Gasteiger partial charge in [-0.2, -0.15) is 4.37 Å². The van der Waals surface area contributed by atoms with Crippen LogP contribution in [0.5, 0.6) is 0 Å². The first-order chi connectivity index (χ1) is 6.99. The maximum Gasteiger partial charge on any atom is 0.325 e. The SMILES string of the molecule is Cc1nsc(NC(=O)NC(C)C(=O)O)n1. The molecule has 2 amide bonds. The average Bonchev–Trinajstić information content (AvgIpc) is 2.50. The Bertz CT molecular complexity index is 378. The van der Waals surface area contributed by atoms with E-state index in [2.05, 4.69) is 20.0 Å². The number of amides is 2. The first-order valence-electron chi connectivity index (χ1n) is 4.09. The zero-order valence-corrected chi connectivity index (χ0v) is 8.96. The Kier molecular flexibility index (Phi) is 3.56. The number of carbonyl (C=O) groups excluding carboxylic acids is 1. The van der Waals surface area contributed by atoms with Crippen molar-refractivity contribution < 1.29 is 14.7 Å². The third-order valence-corrected chi connectivity index (χ3v) is 2.19. The third-order valence-electron chi connectivity index (χ3n) is 1.47. The number of nitrogens with zero attached hydrogens (tertiary/aromatic N) is 2. The van der Waals surface area contributed by atoms with E-state index in [9.17, 15) is 9.59 Å². The molecule has 1 unspecified atom stereocenters. The molecular weight excluding hydrogens is 220 g/mol. The van der Waals surface area contributed by atoms with E-state index in [1.165, 1.54) is 6.92 Å². The van der Waals surface area contributed by atoms with Gasteiger partial charge in [-0.1, -0.05) is 0 Å². The Labute approximate surface area is 89.7 Å². The lowest BCUT2D eigenvalue weighted by Crippen LogP contribution is -2.40. The van der Waals surface area contributed by atoms with Gasteiger partial charge in [-0.15, -0.1) is 0 Å². The number of nitrogens with one attached hydrogen (secondary N) is 2. The Morgan fingerprint density at radius 2 is 2.20 bits per heavy atom. The second-order valence-electron chi connectivity index (χ2n) is 2.81. The molecule has 0 bridgehead atoms. The highest BCUT2D eigenvalue weighted by Gasteiger charge is 2.14. The number of aliphatic carboxylic acids is 1. The minimum atomic E-state index is -1.10. The van der Waals surface area contributed by atoms with Crippen LogP contribution in [0.15, 0.2) is 0 Å². The number of hydrogen-bond donors (Lipinski definition) is 3. The Morgan fingerprint density at radius 1 is 1.53 bits per heavy atom. The molecule has 0 saturated carbocycles. The number of carboxylic acids is 1. The van der Waals surface area contributed by atoms with Crippen molar-refractivity contribution in [3.63, 3.8) is 0 Å². The van der Waals surface area contributed by atoms with E-state index in [1.54, 1.807) is 6.92 Å². The minimum absolute atomic E-state index is 0.336. The van der Waals surface area contributed by atoms with E-state index in [4.69, 9.17) is 5.11 Å². The van der Waals surface area contributed by atoms with Crippen molar-refractivity contribution in [2.45, 2.75) is 19.9 Å². The van der Waals surface area contributed by atoms with Crippen molar-refractivity contribution in [1.82, 2.24) is 14.7 Å². The second-order valence-corrected chi connectivity index (χ2v) is 3.56. The summed E-state index contributed by atoms with van der Waals surface area (Å²) in [6.07, 6.45) is 0. The van der Waals surface area contributed by atoms with Gasteiger partial charge >= 0.3 is 12.0 Å². The van der Waals surface area contributed by atoms with Gasteiger partial charge in [-0.3, -0.25) is 10.1 Å². The van der Waals surface area contributed by atoms with Crippen molar-refractivity contribution in [2.75, 3.05) is 5.32 Å². The molecular formula is C7H10N4O3S. The predicted molar refractivity (Wildman–Crippen MR) is 53.9 cm³/mol. The molecule has 8 heteroatoms. The predicted octanol–water partition coefficient (Wildman–Crippen LogP) is 0.441. The molecule has 0 aliphatic rings. The van der Waals surface area contributed by atoms with Gasteiger partial charge < -0.3 is 10.4 Å². The van der Waals surface area contributed by atoms with Gasteiger partial charge in [0.05, 0.1) is 0 Å². The fourth-order valence-corrected chi connectivity index (χ4v) is 1.31. The monoisotopic (exact) mass is 230 g/mol. The lowest BCUT2D eigenvalue weighted by Gasteiger charge is -2.08. The Hall–Kier alpha value is -1.70. The number of anilines is 1. The summed E-state index contributed by atoms with van der Waals surface area (Å²) in [5, 5.41) is 13.5. The fourth-order valence-electron chi connectivity index (χ4n) is 0.739. The number of aryl methyl sites for hydroxylation is 1. The summed E-state index contributed by atoms with van der Waals surface area (Å²) in [5.41, 5.74) is 0. The molecule has 15 heavy (non-hydrogen) atoms. The summed E-state index contributed by atoms with van der Waals surface area (Å²) in [6.45, 7) is 3.06. The maximum atomic E-state index is 11.2. The maximum absolute atomic E-state index is 11.2. The zero-order valence-electron chi connectivity index (χ0n) is 8.14. The highest BCUT2D eigenvalue weighted by atomic mass is 32.1. The molecule has 1 rings (SSSR count). The second kappa shape index (κ2) is 4.69. The number of hydrogen-bond acceptors (Lipinski definition) is 5. The van der Waals surface area contributed by atoms with Crippen molar-refractivity contribution >= 4 is 28.7 Å². The van der Waals surface area contributed by atoms with Crippen molar-refractivity contribution in [2.24, 2.45) is 0 Å². The summed E-state index contributed by atoms with van der Waals surface area (Å²) < 4.78 is 3.86. The van der Waals surface area contributed by atoms with Gasteiger partial charge in [-0.25, -0.2) is 9.78 Å². The highest BCUT2D eigenvalue weighted by Crippen LogP contribution is 2.09. The number of urea groups is 1. The van der Waals surface area contributed by atoms with Gasteiger partial charge in [0, 0.05) is 11.5 Å². The molecule has 0 fully saturated rings. The van der Waals surface area contributed by atoms with Crippen LogP contribution in [0.1, 0.15) is 12.7 Å². The van der Waals surface area contributed by atoms with E-state index in [-0.39, 0.29) is 0 Å². The third kappa shape index (κ3) is 3.50. The average molecular weight is 230 g/mol. The van der Waals surface area contributed by atoms with Gasteiger partial charge in [0.1, 0.15) is 11.9 Å². The lowest BCUT2D eigenvalue weighted by molar-refractivity contribution is -0.138. The first kappa shape index (κ1) is 11.4. The van der Waals surface area contributed by atoms with Crippen molar-refractivity contribution in [1.29, 1.82) is 0 Å². The molecule has 0 radical (unpaired) electrons. The fraction of sp³-hybridized carbons (Fsp3) is 0.429. The zero-order chi connectivity index (χ0) is 11.4. The number of carbonyl (C=O) groups is 2. The molecule has 0 aromatic carbocycles.